The number of fused-ring (bicyclic) bond motifs is 5. The van der Waals surface area contributed by atoms with Crippen molar-refractivity contribution in [3.63, 3.8) is 0 Å². The van der Waals surface area contributed by atoms with E-state index in [0.29, 0.717) is 55.0 Å². The number of halogens is 1. The number of nitrogens with one attached hydrogen (secondary N) is 1. The van der Waals surface area contributed by atoms with Gasteiger partial charge in [0.05, 0.1) is 18.7 Å². The third-order valence-electron chi connectivity index (χ3n) is 16.2. The number of ether oxygens (including phenoxy) is 6. The van der Waals surface area contributed by atoms with Gasteiger partial charge in [0.1, 0.15) is 0 Å². The van der Waals surface area contributed by atoms with Crippen LogP contribution in [0.1, 0.15) is 99.3 Å². The van der Waals surface area contributed by atoms with Crippen molar-refractivity contribution < 1.29 is 48.0 Å². The summed E-state index contributed by atoms with van der Waals surface area (Å²) in [6, 6.07) is 7.86. The number of nitrogens with zero attached hydrogens (tertiary/aromatic N) is 2. The molecule has 10 fully saturated rings. The van der Waals surface area contributed by atoms with Gasteiger partial charge in [-0.15, -0.1) is 0 Å². The molecule has 60 heavy (non-hydrogen) atoms. The Morgan fingerprint density at radius 2 is 1.28 bits per heavy atom. The molecular weight excluding hydrogens is 790 g/mol. The van der Waals surface area contributed by atoms with Gasteiger partial charge in [0.15, 0.2) is 36.4 Å². The van der Waals surface area contributed by atoms with Crippen LogP contribution < -0.4 is 5.32 Å². The van der Waals surface area contributed by atoms with Gasteiger partial charge >= 0.3 is 0 Å². The molecule has 2 saturated carbocycles. The van der Waals surface area contributed by atoms with Crippen molar-refractivity contribution in [1.29, 1.82) is 0 Å². The predicted molar refractivity (Wildman–Crippen MR) is 222 cm³/mol. The predicted octanol–water partition coefficient (Wildman–Crippen LogP) is 8.44. The maximum Gasteiger partial charge on any atom is 0.201 e. The summed E-state index contributed by atoms with van der Waals surface area (Å²) >= 11 is 6.26. The summed E-state index contributed by atoms with van der Waals surface area (Å²) in [5.41, 5.74) is 0.706. The first kappa shape index (κ1) is 42.2. The molecule has 8 saturated heterocycles. The van der Waals surface area contributed by atoms with Crippen molar-refractivity contribution in [2.45, 2.75) is 147 Å². The highest BCUT2D eigenvalue weighted by molar-refractivity contribution is 6.31. The highest BCUT2D eigenvalue weighted by Crippen LogP contribution is 2.62. The van der Waals surface area contributed by atoms with Crippen molar-refractivity contribution in [3.05, 3.63) is 35.5 Å². The fourth-order valence-corrected chi connectivity index (χ4v) is 13.0. The van der Waals surface area contributed by atoms with Gasteiger partial charge in [-0.3, -0.25) is 9.88 Å². The van der Waals surface area contributed by atoms with Crippen molar-refractivity contribution in [2.24, 2.45) is 47.3 Å². The summed E-state index contributed by atoms with van der Waals surface area (Å²) < 4.78 is 40.1. The molecule has 6 unspecified atom stereocenters. The van der Waals surface area contributed by atoms with E-state index in [0.717, 1.165) is 87.5 Å². The summed E-state index contributed by atoms with van der Waals surface area (Å²) in [5.74, 6) is 0.686. The third-order valence-corrected chi connectivity index (χ3v) is 16.5. The van der Waals surface area contributed by atoms with E-state index in [2.05, 4.69) is 42.9 Å². The van der Waals surface area contributed by atoms with Gasteiger partial charge in [0.2, 0.25) is 11.6 Å². The molecule has 12 rings (SSSR count). The molecule has 4 bridgehead atoms. The van der Waals surface area contributed by atoms with Crippen LogP contribution in [0.2, 0.25) is 5.02 Å². The standard InChI is InChI=1S/C46H66ClN3O10/c1-27-8-12-35-29(3)39(53-41-45(35)33(27)14-17-43(5,55-41)57-59-45)51-24-22-50(21-7-19-48-37-16-20-49-38-26-31(47)10-11-32(37)38)23-25-52-40-30(4)36-13-9-28(2)34-15-18-44(6)56-42(54-40)46(34,36)60-58-44/h10-11,16,20,26-30,33-36,39-42H,7-9,12-15,17-19,21-25H2,1-6H3,(H,48,49)/t27-,28-,29-,30-,33?,34?,35?,36?,39+,40+,41-,42-,43+,44+,45?,46?/m1/s1. The Labute approximate surface area is 359 Å². The number of hydrogen-bond acceptors (Lipinski definition) is 13. The zero-order valence-electron chi connectivity index (χ0n) is 36.3. The molecule has 2 aromatic rings. The monoisotopic (exact) mass is 855 g/mol. The van der Waals surface area contributed by atoms with E-state index in [4.69, 9.17) is 59.6 Å². The first-order chi connectivity index (χ1) is 28.9. The first-order valence-electron chi connectivity index (χ1n) is 23.1. The molecule has 0 amide bonds. The normalized spacial score (nSPS) is 45.5. The van der Waals surface area contributed by atoms with Gasteiger partial charge in [-0.2, -0.15) is 0 Å². The Morgan fingerprint density at radius 1 is 0.717 bits per heavy atom. The van der Waals surface area contributed by atoms with Crippen LogP contribution in [0.4, 0.5) is 5.69 Å². The summed E-state index contributed by atoms with van der Waals surface area (Å²) in [4.78, 5) is 31.8. The van der Waals surface area contributed by atoms with Crippen LogP contribution in [0.15, 0.2) is 30.5 Å². The lowest BCUT2D eigenvalue weighted by atomic mass is 9.58. The molecule has 9 heterocycles. The zero-order chi connectivity index (χ0) is 41.4. The maximum atomic E-state index is 6.76. The zero-order valence-corrected chi connectivity index (χ0v) is 37.0. The number of anilines is 1. The summed E-state index contributed by atoms with van der Waals surface area (Å²) in [6.45, 7) is 17.2. The minimum absolute atomic E-state index is 0.116. The van der Waals surface area contributed by atoms with E-state index in [1.54, 1.807) is 0 Å². The van der Waals surface area contributed by atoms with Crippen molar-refractivity contribution >= 4 is 28.2 Å². The Bertz CT molecular complexity index is 1780. The fraction of sp³-hybridized carbons (Fsp3) is 0.804. The van der Waals surface area contributed by atoms with Crippen LogP contribution in [0.25, 0.3) is 10.9 Å². The first-order valence-corrected chi connectivity index (χ1v) is 23.4. The molecule has 1 aromatic carbocycles. The Kier molecular flexibility index (Phi) is 11.5. The average molecular weight is 856 g/mol. The average Bonchev–Trinajstić information content (AvgIpc) is 3.61. The minimum atomic E-state index is -0.818. The lowest BCUT2D eigenvalue weighted by Gasteiger charge is -2.60. The van der Waals surface area contributed by atoms with Crippen molar-refractivity contribution in [1.82, 2.24) is 9.88 Å². The van der Waals surface area contributed by atoms with E-state index in [9.17, 15) is 0 Å². The van der Waals surface area contributed by atoms with E-state index >= 15 is 0 Å². The van der Waals surface area contributed by atoms with Crippen LogP contribution in [0.3, 0.4) is 0 Å². The van der Waals surface area contributed by atoms with Crippen LogP contribution in [0.5, 0.6) is 0 Å². The molecular formula is C46H66ClN3O10. The number of hydrogen-bond donors (Lipinski definition) is 1. The molecule has 332 valence electrons. The second-order valence-electron chi connectivity index (χ2n) is 19.9. The fourth-order valence-electron chi connectivity index (χ4n) is 12.9. The Hall–Kier alpha value is -1.72. The van der Waals surface area contributed by atoms with Crippen LogP contribution in [-0.4, -0.2) is 97.2 Å². The lowest BCUT2D eigenvalue weighted by Crippen LogP contribution is -2.70. The van der Waals surface area contributed by atoms with Crippen molar-refractivity contribution in [3.8, 4) is 0 Å². The van der Waals surface area contributed by atoms with Gasteiger partial charge in [-0.1, -0.05) is 39.3 Å². The minimum Gasteiger partial charge on any atom is -0.384 e. The Balaban J connectivity index is 0.801. The van der Waals surface area contributed by atoms with Crippen LogP contribution in [-0.2, 0) is 48.0 Å². The molecule has 10 aliphatic rings. The number of rotatable bonds is 13. The second-order valence-corrected chi connectivity index (χ2v) is 20.4. The molecule has 16 atom stereocenters. The van der Waals surface area contributed by atoms with Gasteiger partial charge in [-0.05, 0) is 113 Å². The summed E-state index contributed by atoms with van der Waals surface area (Å²) in [5, 5.41) is 5.38. The van der Waals surface area contributed by atoms with E-state index in [1.165, 1.54) is 0 Å². The molecule has 2 spiro atoms. The molecule has 0 radical (unpaired) electrons. The molecule has 1 N–H and O–H groups in total. The van der Waals surface area contributed by atoms with E-state index in [1.807, 2.05) is 44.3 Å². The molecule has 14 heteroatoms. The van der Waals surface area contributed by atoms with Gasteiger partial charge in [0.25, 0.3) is 0 Å². The van der Waals surface area contributed by atoms with Gasteiger partial charge in [-0.25, -0.2) is 19.6 Å². The smallest absolute Gasteiger partial charge is 0.201 e. The summed E-state index contributed by atoms with van der Waals surface area (Å²) in [6.07, 6.45) is 8.83. The third kappa shape index (κ3) is 7.23. The topological polar surface area (TPSA) is 120 Å². The van der Waals surface area contributed by atoms with E-state index < -0.39 is 47.9 Å². The quantitative estimate of drug-likeness (QED) is 0.154. The SMILES string of the molecule is C[C@@H]1CCC2[C@@H](C)[C@@H](OCCN(CCCNc3ccnc4cc(Cl)ccc34)CCO[C@H]3O[C@@H]4O[C@]5(C)CCC6[C@H](C)CCC([C@H]3C)C64OO5)O[C@@H]3O[C@]4(C)CCC1C23OO4. The van der Waals surface area contributed by atoms with Gasteiger partial charge in [0, 0.05) is 78.4 Å². The highest BCUT2D eigenvalue weighted by atomic mass is 35.5. The second kappa shape index (κ2) is 16.4. The van der Waals surface area contributed by atoms with Gasteiger partial charge < -0.3 is 33.7 Å². The number of aromatic nitrogens is 1. The molecule has 2 aliphatic carbocycles. The van der Waals surface area contributed by atoms with Crippen LogP contribution in [0, 0.1) is 47.3 Å². The summed E-state index contributed by atoms with van der Waals surface area (Å²) in [7, 11) is 0. The maximum absolute atomic E-state index is 6.76. The molecule has 1 aromatic heterocycles. The number of benzene rings is 1. The molecule has 8 aliphatic heterocycles. The molecule has 13 nitrogen and oxygen atoms in total. The lowest BCUT2D eigenvalue weighted by molar-refractivity contribution is -0.577. The number of pyridine rings is 1. The van der Waals surface area contributed by atoms with Crippen molar-refractivity contribution in [2.75, 3.05) is 44.7 Å². The highest BCUT2D eigenvalue weighted by Gasteiger charge is 2.71. The van der Waals surface area contributed by atoms with Crippen LogP contribution >= 0.6 is 11.6 Å². The Morgan fingerprint density at radius 3 is 1.85 bits per heavy atom. The largest absolute Gasteiger partial charge is 0.384 e. The van der Waals surface area contributed by atoms with E-state index in [-0.39, 0.29) is 23.7 Å².